The summed E-state index contributed by atoms with van der Waals surface area (Å²) in [7, 11) is 0. The van der Waals surface area contributed by atoms with Gasteiger partial charge >= 0.3 is 0 Å². The topological polar surface area (TPSA) is 45.9 Å². The molecule has 0 saturated heterocycles. The minimum absolute atomic E-state index is 0.338. The summed E-state index contributed by atoms with van der Waals surface area (Å²) in [6, 6.07) is 12.1. The van der Waals surface area contributed by atoms with Crippen LogP contribution in [0.4, 0.5) is 0 Å². The number of hydrogen-bond donors (Lipinski definition) is 0. The van der Waals surface area contributed by atoms with Gasteiger partial charge in [-0.05, 0) is 38.5 Å². The Morgan fingerprint density at radius 2 is 2.17 bits per heavy atom. The van der Waals surface area contributed by atoms with Gasteiger partial charge in [-0.2, -0.15) is 5.26 Å². The number of ether oxygens (including phenoxy) is 1. The van der Waals surface area contributed by atoms with Crippen molar-refractivity contribution in [2.75, 3.05) is 6.61 Å². The van der Waals surface area contributed by atoms with E-state index in [0.29, 0.717) is 13.0 Å². The molecule has 0 unspecified atom stereocenters. The predicted molar refractivity (Wildman–Crippen MR) is 71.2 cm³/mol. The zero-order valence-electron chi connectivity index (χ0n) is 10.7. The van der Waals surface area contributed by atoms with Crippen LogP contribution in [-0.2, 0) is 0 Å². The maximum Gasteiger partial charge on any atom is 0.121 e. The molecule has 0 radical (unpaired) electrons. The fourth-order valence-electron chi connectivity index (χ4n) is 1.62. The molecule has 2 aromatic rings. The summed E-state index contributed by atoms with van der Waals surface area (Å²) in [4.78, 5) is 4.28. The highest BCUT2D eigenvalue weighted by Gasteiger charge is 2.16. The zero-order valence-corrected chi connectivity index (χ0v) is 10.7. The standard InChI is InChI=1S/C15H16N2O/c1-15(2,11-16)7-9-18-13-6-5-12-4-3-8-17-14(12)10-13/h3-6,8,10H,7,9H2,1-2H3. The van der Waals surface area contributed by atoms with Gasteiger partial charge in [0.2, 0.25) is 0 Å². The first-order valence-electron chi connectivity index (χ1n) is 6.00. The lowest BCUT2D eigenvalue weighted by molar-refractivity contribution is 0.264. The third kappa shape index (κ3) is 2.98. The Hall–Kier alpha value is -2.08. The Kier molecular flexibility index (Phi) is 3.47. The van der Waals surface area contributed by atoms with Crippen molar-refractivity contribution in [1.29, 1.82) is 5.26 Å². The molecule has 0 aliphatic carbocycles. The van der Waals surface area contributed by atoms with Gasteiger partial charge in [-0.15, -0.1) is 0 Å². The highest BCUT2D eigenvalue weighted by molar-refractivity contribution is 5.79. The van der Waals surface area contributed by atoms with Crippen molar-refractivity contribution in [1.82, 2.24) is 4.98 Å². The summed E-state index contributed by atoms with van der Waals surface area (Å²) in [5, 5.41) is 10.0. The smallest absolute Gasteiger partial charge is 0.121 e. The second-order valence-corrected chi connectivity index (χ2v) is 4.95. The van der Waals surface area contributed by atoms with E-state index in [0.717, 1.165) is 16.7 Å². The van der Waals surface area contributed by atoms with E-state index in [1.165, 1.54) is 0 Å². The Morgan fingerprint density at radius 3 is 2.94 bits per heavy atom. The van der Waals surface area contributed by atoms with Crippen LogP contribution in [0.5, 0.6) is 5.75 Å². The van der Waals surface area contributed by atoms with Crippen molar-refractivity contribution in [2.24, 2.45) is 5.41 Å². The van der Waals surface area contributed by atoms with Gasteiger partial charge in [0.05, 0.1) is 23.6 Å². The molecule has 2 rings (SSSR count). The summed E-state index contributed by atoms with van der Waals surface area (Å²) in [5.74, 6) is 0.801. The summed E-state index contributed by atoms with van der Waals surface area (Å²) in [6.45, 7) is 4.37. The van der Waals surface area contributed by atoms with Crippen LogP contribution in [0.3, 0.4) is 0 Å². The second kappa shape index (κ2) is 5.05. The SMILES string of the molecule is CC(C)(C#N)CCOc1ccc2cccnc2c1. The van der Waals surface area contributed by atoms with Gasteiger partial charge in [-0.1, -0.05) is 6.07 Å². The van der Waals surface area contributed by atoms with E-state index in [-0.39, 0.29) is 5.41 Å². The number of nitriles is 1. The lowest BCUT2D eigenvalue weighted by Gasteiger charge is -2.15. The third-order valence-electron chi connectivity index (χ3n) is 2.88. The number of pyridine rings is 1. The highest BCUT2D eigenvalue weighted by Crippen LogP contribution is 2.22. The normalized spacial score (nSPS) is 11.2. The van der Waals surface area contributed by atoms with Crippen molar-refractivity contribution in [3.05, 3.63) is 36.5 Å². The molecule has 92 valence electrons. The molecule has 0 saturated carbocycles. The van der Waals surface area contributed by atoms with E-state index in [1.807, 2.05) is 44.2 Å². The van der Waals surface area contributed by atoms with Crippen LogP contribution in [0.15, 0.2) is 36.5 Å². The number of aromatic nitrogens is 1. The van der Waals surface area contributed by atoms with E-state index in [2.05, 4.69) is 11.1 Å². The predicted octanol–water partition coefficient (Wildman–Crippen LogP) is 3.55. The van der Waals surface area contributed by atoms with Crippen LogP contribution in [0.25, 0.3) is 10.9 Å². The molecule has 1 heterocycles. The van der Waals surface area contributed by atoms with Crippen LogP contribution in [0.2, 0.25) is 0 Å². The molecular formula is C15H16N2O. The molecular weight excluding hydrogens is 224 g/mol. The van der Waals surface area contributed by atoms with Crippen molar-refractivity contribution >= 4 is 10.9 Å². The molecule has 18 heavy (non-hydrogen) atoms. The maximum absolute atomic E-state index is 8.92. The molecule has 0 N–H and O–H groups in total. The van der Waals surface area contributed by atoms with Crippen LogP contribution in [0.1, 0.15) is 20.3 Å². The lowest BCUT2D eigenvalue weighted by Crippen LogP contribution is -2.13. The van der Waals surface area contributed by atoms with Gasteiger partial charge in [0, 0.05) is 17.6 Å². The quantitative estimate of drug-likeness (QED) is 0.821. The first-order chi connectivity index (χ1) is 8.61. The fourth-order valence-corrected chi connectivity index (χ4v) is 1.62. The molecule has 3 nitrogen and oxygen atoms in total. The van der Waals surface area contributed by atoms with Crippen molar-refractivity contribution in [3.8, 4) is 11.8 Å². The van der Waals surface area contributed by atoms with Crippen molar-refractivity contribution in [2.45, 2.75) is 20.3 Å². The summed E-state index contributed by atoms with van der Waals surface area (Å²) in [5.41, 5.74) is 0.587. The number of fused-ring (bicyclic) bond motifs is 1. The zero-order chi connectivity index (χ0) is 13.0. The molecule has 0 aliphatic rings. The summed E-state index contributed by atoms with van der Waals surface area (Å²) < 4.78 is 5.66. The molecule has 3 heteroatoms. The van der Waals surface area contributed by atoms with E-state index in [9.17, 15) is 0 Å². The molecule has 0 spiro atoms. The molecule has 0 atom stereocenters. The lowest BCUT2D eigenvalue weighted by atomic mass is 9.92. The first-order valence-corrected chi connectivity index (χ1v) is 6.00. The fraction of sp³-hybridized carbons (Fsp3) is 0.333. The largest absolute Gasteiger partial charge is 0.493 e. The number of nitrogens with zero attached hydrogens (tertiary/aromatic N) is 2. The number of hydrogen-bond acceptors (Lipinski definition) is 3. The van der Waals surface area contributed by atoms with Gasteiger partial charge < -0.3 is 4.74 Å². The van der Waals surface area contributed by atoms with Gasteiger partial charge in [-0.3, -0.25) is 4.98 Å². The average Bonchev–Trinajstić information content (AvgIpc) is 2.38. The summed E-state index contributed by atoms with van der Waals surface area (Å²) in [6.07, 6.45) is 2.48. The van der Waals surface area contributed by atoms with E-state index >= 15 is 0 Å². The van der Waals surface area contributed by atoms with Gasteiger partial charge in [0.25, 0.3) is 0 Å². The molecule has 1 aromatic heterocycles. The Balaban J connectivity index is 2.03. The van der Waals surface area contributed by atoms with E-state index < -0.39 is 0 Å². The highest BCUT2D eigenvalue weighted by atomic mass is 16.5. The third-order valence-corrected chi connectivity index (χ3v) is 2.88. The van der Waals surface area contributed by atoms with Gasteiger partial charge in [0.1, 0.15) is 5.75 Å². The second-order valence-electron chi connectivity index (χ2n) is 4.95. The van der Waals surface area contributed by atoms with Crippen LogP contribution in [-0.4, -0.2) is 11.6 Å². The van der Waals surface area contributed by atoms with Crippen molar-refractivity contribution in [3.63, 3.8) is 0 Å². The number of benzene rings is 1. The molecule has 1 aromatic carbocycles. The van der Waals surface area contributed by atoms with E-state index in [4.69, 9.17) is 10.00 Å². The van der Waals surface area contributed by atoms with Crippen molar-refractivity contribution < 1.29 is 4.74 Å². The van der Waals surface area contributed by atoms with Crippen LogP contribution >= 0.6 is 0 Å². The summed E-state index contributed by atoms with van der Waals surface area (Å²) >= 11 is 0. The average molecular weight is 240 g/mol. The van der Waals surface area contributed by atoms with Crippen LogP contribution < -0.4 is 4.74 Å². The minimum Gasteiger partial charge on any atom is -0.493 e. The van der Waals surface area contributed by atoms with E-state index in [1.54, 1.807) is 6.20 Å². The minimum atomic E-state index is -0.338. The number of rotatable bonds is 4. The Bertz CT molecular complexity index is 584. The molecule has 0 fully saturated rings. The molecule has 0 bridgehead atoms. The monoisotopic (exact) mass is 240 g/mol. The Labute approximate surface area is 107 Å². The van der Waals surface area contributed by atoms with Gasteiger partial charge in [0.15, 0.2) is 0 Å². The van der Waals surface area contributed by atoms with Gasteiger partial charge in [-0.25, -0.2) is 0 Å². The van der Waals surface area contributed by atoms with Crippen LogP contribution in [0, 0.1) is 16.7 Å². The molecule has 0 amide bonds. The maximum atomic E-state index is 8.92. The first kappa shape index (κ1) is 12.4. The Morgan fingerprint density at radius 1 is 1.33 bits per heavy atom. The molecule has 0 aliphatic heterocycles.